The molecule has 26 heavy (non-hydrogen) atoms. The van der Waals surface area contributed by atoms with Gasteiger partial charge < -0.3 is 4.74 Å². The molecule has 0 amide bonds. The zero-order chi connectivity index (χ0) is 19.4. The van der Waals surface area contributed by atoms with Crippen molar-refractivity contribution in [3.05, 3.63) is 29.8 Å². The summed E-state index contributed by atoms with van der Waals surface area (Å²) in [5, 5.41) is 0. The average Bonchev–Trinajstić information content (AvgIpc) is 2.61. The molecule has 5 nitrogen and oxygen atoms in total. The minimum atomic E-state index is -3.80. The van der Waals surface area contributed by atoms with E-state index in [1.165, 1.54) is 20.0 Å². The lowest BCUT2D eigenvalue weighted by atomic mass is 10.0. The van der Waals surface area contributed by atoms with Gasteiger partial charge in [0.25, 0.3) is 10.1 Å². The molecular formula is C20H32O5S. The van der Waals surface area contributed by atoms with Crippen LogP contribution in [0, 0.1) is 6.92 Å². The van der Waals surface area contributed by atoms with Crippen molar-refractivity contribution in [1.82, 2.24) is 0 Å². The Labute approximate surface area is 158 Å². The van der Waals surface area contributed by atoms with Gasteiger partial charge in [-0.15, -0.1) is 0 Å². The fraction of sp³-hybridized carbons (Fsp3) is 0.650. The maximum absolute atomic E-state index is 12.5. The number of carbonyl (C=O) groups excluding carboxylic acids is 1. The van der Waals surface area contributed by atoms with E-state index in [4.69, 9.17) is 4.18 Å². The molecular weight excluding hydrogens is 352 g/mol. The van der Waals surface area contributed by atoms with Crippen molar-refractivity contribution in [2.75, 3.05) is 7.11 Å². The van der Waals surface area contributed by atoms with Crippen LogP contribution >= 0.6 is 0 Å². The number of benzene rings is 1. The summed E-state index contributed by atoms with van der Waals surface area (Å²) < 4.78 is 35.2. The summed E-state index contributed by atoms with van der Waals surface area (Å²) in [6.45, 7) is 4.07. The van der Waals surface area contributed by atoms with Gasteiger partial charge in [0.2, 0.25) is 0 Å². The first-order valence-electron chi connectivity index (χ1n) is 9.45. The molecule has 0 bridgehead atoms. The van der Waals surface area contributed by atoms with Gasteiger partial charge in [-0.2, -0.15) is 8.42 Å². The van der Waals surface area contributed by atoms with E-state index in [1.807, 2.05) is 6.92 Å². The number of hydrogen-bond acceptors (Lipinski definition) is 5. The highest BCUT2D eigenvalue weighted by Gasteiger charge is 2.22. The Bertz CT molecular complexity index is 622. The molecule has 1 rings (SSSR count). The van der Waals surface area contributed by atoms with Gasteiger partial charge in [-0.05, 0) is 38.3 Å². The maximum atomic E-state index is 12.5. The number of methoxy groups -OCH3 is 1. The molecule has 0 aliphatic rings. The van der Waals surface area contributed by atoms with E-state index in [2.05, 4.69) is 11.7 Å². The van der Waals surface area contributed by atoms with Crippen LogP contribution in [0.4, 0.5) is 0 Å². The van der Waals surface area contributed by atoms with Gasteiger partial charge in [-0.25, -0.2) is 0 Å². The fourth-order valence-corrected chi connectivity index (χ4v) is 3.86. The lowest BCUT2D eigenvalue weighted by Gasteiger charge is -2.17. The Morgan fingerprint density at radius 3 is 2.23 bits per heavy atom. The number of esters is 1. The molecule has 148 valence electrons. The minimum absolute atomic E-state index is 0.173. The van der Waals surface area contributed by atoms with Gasteiger partial charge in [0.05, 0.1) is 18.1 Å². The molecule has 0 N–H and O–H groups in total. The number of unbranched alkanes of at least 4 members (excludes halogenated alkanes) is 4. The lowest BCUT2D eigenvalue weighted by molar-refractivity contribution is -0.140. The van der Waals surface area contributed by atoms with Crippen LogP contribution in [0.5, 0.6) is 0 Å². The van der Waals surface area contributed by atoms with Crippen LogP contribution in [-0.2, 0) is 23.8 Å². The van der Waals surface area contributed by atoms with E-state index >= 15 is 0 Å². The molecule has 0 heterocycles. The SMILES string of the molecule is CCCCCCC[C@H](CCCC(=O)OC)OS(=O)(=O)c1ccc(C)cc1. The smallest absolute Gasteiger partial charge is 0.305 e. The zero-order valence-electron chi connectivity index (χ0n) is 16.2. The van der Waals surface area contributed by atoms with Crippen molar-refractivity contribution in [3.8, 4) is 0 Å². The molecule has 0 fully saturated rings. The van der Waals surface area contributed by atoms with Crippen LogP contribution in [0.1, 0.15) is 70.3 Å². The Hall–Kier alpha value is -1.40. The fourth-order valence-electron chi connectivity index (χ4n) is 2.73. The average molecular weight is 385 g/mol. The molecule has 1 aromatic carbocycles. The Morgan fingerprint density at radius 2 is 1.62 bits per heavy atom. The predicted octanol–water partition coefficient (Wildman–Crippen LogP) is 4.77. The van der Waals surface area contributed by atoms with Gasteiger partial charge in [0, 0.05) is 6.42 Å². The molecule has 1 atom stereocenters. The first-order valence-corrected chi connectivity index (χ1v) is 10.9. The van der Waals surface area contributed by atoms with E-state index in [-0.39, 0.29) is 17.3 Å². The highest BCUT2D eigenvalue weighted by Crippen LogP contribution is 2.21. The lowest BCUT2D eigenvalue weighted by Crippen LogP contribution is -2.19. The second-order valence-electron chi connectivity index (χ2n) is 6.66. The predicted molar refractivity (Wildman–Crippen MR) is 102 cm³/mol. The standard InChI is InChI=1S/C20H32O5S/c1-4-5-6-7-8-10-18(11-9-12-20(21)24-3)25-26(22,23)19-15-13-17(2)14-16-19/h13-16,18H,4-12H2,1-3H3/t18-/m1/s1. The largest absolute Gasteiger partial charge is 0.469 e. The number of carbonyl (C=O) groups is 1. The molecule has 0 unspecified atom stereocenters. The maximum Gasteiger partial charge on any atom is 0.305 e. The summed E-state index contributed by atoms with van der Waals surface area (Å²) in [4.78, 5) is 11.5. The van der Waals surface area contributed by atoms with Crippen molar-refractivity contribution >= 4 is 16.1 Å². The Balaban J connectivity index is 2.65. The van der Waals surface area contributed by atoms with Crippen LogP contribution in [0.3, 0.4) is 0 Å². The molecule has 0 saturated heterocycles. The number of ether oxygens (including phenoxy) is 1. The van der Waals surface area contributed by atoms with Crippen LogP contribution in [0.25, 0.3) is 0 Å². The Kier molecular flexibility index (Phi) is 10.5. The van der Waals surface area contributed by atoms with Crippen LogP contribution in [0.15, 0.2) is 29.2 Å². The van der Waals surface area contributed by atoms with Crippen molar-refractivity contribution in [3.63, 3.8) is 0 Å². The third-order valence-corrected chi connectivity index (χ3v) is 5.71. The highest BCUT2D eigenvalue weighted by atomic mass is 32.2. The topological polar surface area (TPSA) is 69.7 Å². The van der Waals surface area contributed by atoms with E-state index < -0.39 is 16.2 Å². The van der Waals surface area contributed by atoms with Crippen molar-refractivity contribution in [1.29, 1.82) is 0 Å². The van der Waals surface area contributed by atoms with Crippen molar-refractivity contribution in [2.45, 2.75) is 82.6 Å². The van der Waals surface area contributed by atoms with E-state index in [9.17, 15) is 13.2 Å². The third kappa shape index (κ3) is 8.81. The van der Waals surface area contributed by atoms with Crippen molar-refractivity contribution < 1.29 is 22.1 Å². The van der Waals surface area contributed by atoms with Crippen LogP contribution in [0.2, 0.25) is 0 Å². The molecule has 0 saturated carbocycles. The van der Waals surface area contributed by atoms with E-state index in [0.717, 1.165) is 24.8 Å². The molecule has 0 spiro atoms. The quantitative estimate of drug-likeness (QED) is 0.278. The summed E-state index contributed by atoms with van der Waals surface area (Å²) in [5.41, 5.74) is 0.995. The van der Waals surface area contributed by atoms with Crippen LogP contribution in [-0.4, -0.2) is 27.6 Å². The second-order valence-corrected chi connectivity index (χ2v) is 8.23. The summed E-state index contributed by atoms with van der Waals surface area (Å²) in [6.07, 6.45) is 7.11. The monoisotopic (exact) mass is 384 g/mol. The summed E-state index contributed by atoms with van der Waals surface area (Å²) in [7, 11) is -2.44. The summed E-state index contributed by atoms with van der Waals surface area (Å²) in [6, 6.07) is 6.65. The first-order chi connectivity index (χ1) is 12.4. The first kappa shape index (κ1) is 22.6. The summed E-state index contributed by atoms with van der Waals surface area (Å²) in [5.74, 6) is -0.284. The van der Waals surface area contributed by atoms with E-state index in [0.29, 0.717) is 19.3 Å². The molecule has 0 aliphatic carbocycles. The molecule has 0 aromatic heterocycles. The van der Waals surface area contributed by atoms with Gasteiger partial charge >= 0.3 is 5.97 Å². The van der Waals surface area contributed by atoms with Gasteiger partial charge in [0.15, 0.2) is 0 Å². The zero-order valence-corrected chi connectivity index (χ0v) is 17.0. The Morgan fingerprint density at radius 1 is 1.00 bits per heavy atom. The number of rotatable bonds is 13. The van der Waals surface area contributed by atoms with Crippen molar-refractivity contribution in [2.24, 2.45) is 0 Å². The summed E-state index contributed by atoms with van der Waals surface area (Å²) >= 11 is 0. The van der Waals surface area contributed by atoms with E-state index in [1.54, 1.807) is 24.3 Å². The molecule has 6 heteroatoms. The van der Waals surface area contributed by atoms with Gasteiger partial charge in [0.1, 0.15) is 0 Å². The molecule has 0 radical (unpaired) electrons. The molecule has 0 aliphatic heterocycles. The number of aryl methyl sites for hydroxylation is 1. The highest BCUT2D eigenvalue weighted by molar-refractivity contribution is 7.86. The normalized spacial score (nSPS) is 12.7. The van der Waals surface area contributed by atoms with Gasteiger partial charge in [-0.1, -0.05) is 56.7 Å². The van der Waals surface area contributed by atoms with Crippen LogP contribution < -0.4 is 0 Å². The number of hydrogen-bond donors (Lipinski definition) is 0. The molecule has 1 aromatic rings. The van der Waals surface area contributed by atoms with Gasteiger partial charge in [-0.3, -0.25) is 8.98 Å². The minimum Gasteiger partial charge on any atom is -0.469 e. The third-order valence-electron chi connectivity index (χ3n) is 4.34. The second kappa shape index (κ2) is 12.1.